The van der Waals surface area contributed by atoms with Gasteiger partial charge >= 0.3 is 0 Å². The molecule has 3 amide bonds. The Labute approximate surface area is 160 Å². The number of anilines is 1. The van der Waals surface area contributed by atoms with Crippen molar-refractivity contribution in [3.8, 4) is 0 Å². The maximum Gasteiger partial charge on any atom is 0.261 e. The third kappa shape index (κ3) is 3.37. The van der Waals surface area contributed by atoms with Crippen LogP contribution in [0, 0.1) is 18.8 Å². The van der Waals surface area contributed by atoms with E-state index < -0.39 is 0 Å². The number of amides is 3. The molecule has 1 aliphatic heterocycles. The fraction of sp³-hybridized carbons (Fsp3) is 0.421. The lowest BCUT2D eigenvalue weighted by Crippen LogP contribution is -2.41. The van der Waals surface area contributed by atoms with Crippen LogP contribution in [-0.2, 0) is 4.79 Å². The van der Waals surface area contributed by atoms with Crippen molar-refractivity contribution in [3.63, 3.8) is 0 Å². The Morgan fingerprint density at radius 3 is 2.44 bits per heavy atom. The van der Waals surface area contributed by atoms with Gasteiger partial charge in [0.1, 0.15) is 5.01 Å². The van der Waals surface area contributed by atoms with E-state index in [2.05, 4.69) is 15.5 Å². The monoisotopic (exact) mass is 384 g/mol. The van der Waals surface area contributed by atoms with Crippen LogP contribution >= 0.6 is 11.3 Å². The third-order valence-electron chi connectivity index (χ3n) is 5.30. The minimum absolute atomic E-state index is 0.0463. The van der Waals surface area contributed by atoms with Crippen molar-refractivity contribution in [2.75, 3.05) is 11.9 Å². The number of aryl methyl sites for hydroxylation is 1. The van der Waals surface area contributed by atoms with Gasteiger partial charge in [0.2, 0.25) is 11.0 Å². The standard InChI is InChI=1S/C19H20N4O3S/c1-11-21-22-19(27-11)20-16(24)13-7-3-2-6-12(13)10-23-17(25)14-8-4-5-9-15(14)18(23)26/h4-5,8-9,12-13H,2-3,6-7,10H2,1H3,(H,20,22,24). The van der Waals surface area contributed by atoms with Crippen molar-refractivity contribution in [1.82, 2.24) is 15.1 Å². The Balaban J connectivity index is 1.49. The van der Waals surface area contributed by atoms with Gasteiger partial charge in [-0.25, -0.2) is 0 Å². The average molecular weight is 384 g/mol. The van der Waals surface area contributed by atoms with E-state index in [-0.39, 0.29) is 36.1 Å². The van der Waals surface area contributed by atoms with Crippen LogP contribution in [0.3, 0.4) is 0 Å². The van der Waals surface area contributed by atoms with Gasteiger partial charge in [-0.1, -0.05) is 36.3 Å². The Morgan fingerprint density at radius 1 is 1.15 bits per heavy atom. The van der Waals surface area contributed by atoms with E-state index in [0.29, 0.717) is 16.3 Å². The van der Waals surface area contributed by atoms with Crippen LogP contribution in [0.5, 0.6) is 0 Å². The summed E-state index contributed by atoms with van der Waals surface area (Å²) in [5, 5.41) is 12.0. The van der Waals surface area contributed by atoms with Crippen LogP contribution in [0.25, 0.3) is 0 Å². The smallest absolute Gasteiger partial charge is 0.261 e. The van der Waals surface area contributed by atoms with Crippen molar-refractivity contribution in [2.24, 2.45) is 11.8 Å². The van der Waals surface area contributed by atoms with E-state index in [1.807, 2.05) is 6.92 Å². The molecule has 0 radical (unpaired) electrons. The highest BCUT2D eigenvalue weighted by atomic mass is 32.1. The molecule has 1 saturated carbocycles. The molecule has 1 fully saturated rings. The number of rotatable bonds is 4. The lowest BCUT2D eigenvalue weighted by molar-refractivity contribution is -0.122. The summed E-state index contributed by atoms with van der Waals surface area (Å²) < 4.78 is 0. The molecule has 7 nitrogen and oxygen atoms in total. The van der Waals surface area contributed by atoms with Crippen LogP contribution in [0.2, 0.25) is 0 Å². The van der Waals surface area contributed by atoms with E-state index >= 15 is 0 Å². The second kappa shape index (κ2) is 7.19. The number of nitrogens with zero attached hydrogens (tertiary/aromatic N) is 3. The van der Waals surface area contributed by atoms with Gasteiger partial charge in [-0.3, -0.25) is 19.3 Å². The summed E-state index contributed by atoms with van der Waals surface area (Å²) in [6, 6.07) is 6.87. The SMILES string of the molecule is Cc1nnc(NC(=O)C2CCCCC2CN2C(=O)c3ccccc3C2=O)s1. The molecule has 2 aromatic rings. The minimum atomic E-state index is -0.264. The highest BCUT2D eigenvalue weighted by Crippen LogP contribution is 2.34. The number of hydrogen-bond acceptors (Lipinski definition) is 6. The minimum Gasteiger partial charge on any atom is -0.300 e. The molecule has 2 aliphatic rings. The predicted molar refractivity (Wildman–Crippen MR) is 101 cm³/mol. The number of benzene rings is 1. The molecular formula is C19H20N4O3S. The first-order valence-corrected chi connectivity index (χ1v) is 9.92. The zero-order valence-corrected chi connectivity index (χ0v) is 15.8. The molecule has 2 unspecified atom stereocenters. The zero-order valence-electron chi connectivity index (χ0n) is 15.0. The summed E-state index contributed by atoms with van der Waals surface area (Å²) in [7, 11) is 0. The lowest BCUT2D eigenvalue weighted by Gasteiger charge is -2.32. The van der Waals surface area contributed by atoms with Crippen LogP contribution in [-0.4, -0.2) is 39.4 Å². The van der Waals surface area contributed by atoms with Crippen LogP contribution in [0.15, 0.2) is 24.3 Å². The fourth-order valence-corrected chi connectivity index (χ4v) is 4.55. The van der Waals surface area contributed by atoms with Crippen molar-refractivity contribution in [2.45, 2.75) is 32.6 Å². The first-order valence-electron chi connectivity index (χ1n) is 9.11. The van der Waals surface area contributed by atoms with E-state index in [4.69, 9.17) is 0 Å². The van der Waals surface area contributed by atoms with Gasteiger partial charge in [0, 0.05) is 12.5 Å². The Morgan fingerprint density at radius 2 is 1.81 bits per heavy atom. The second-order valence-electron chi connectivity index (χ2n) is 7.03. The predicted octanol–water partition coefficient (Wildman–Crippen LogP) is 2.89. The Hall–Kier alpha value is -2.61. The molecule has 2 heterocycles. The largest absolute Gasteiger partial charge is 0.300 e. The quantitative estimate of drug-likeness (QED) is 0.819. The molecule has 8 heteroatoms. The molecule has 0 saturated heterocycles. The number of imide groups is 1. The maximum atomic E-state index is 12.8. The van der Waals surface area contributed by atoms with Crippen molar-refractivity contribution in [1.29, 1.82) is 0 Å². The topological polar surface area (TPSA) is 92.3 Å². The molecule has 4 rings (SSSR count). The Kier molecular flexibility index (Phi) is 4.73. The number of aromatic nitrogens is 2. The van der Waals surface area contributed by atoms with Gasteiger partial charge in [-0.05, 0) is 37.8 Å². The summed E-state index contributed by atoms with van der Waals surface area (Å²) in [4.78, 5) is 39.4. The summed E-state index contributed by atoms with van der Waals surface area (Å²) in [5.41, 5.74) is 0.896. The molecule has 27 heavy (non-hydrogen) atoms. The van der Waals surface area contributed by atoms with Gasteiger partial charge < -0.3 is 5.32 Å². The summed E-state index contributed by atoms with van der Waals surface area (Å²) in [6.45, 7) is 2.11. The highest BCUT2D eigenvalue weighted by Gasteiger charge is 2.40. The molecule has 0 bridgehead atoms. The van der Waals surface area contributed by atoms with E-state index in [0.717, 1.165) is 30.7 Å². The molecular weight excluding hydrogens is 364 g/mol. The first-order chi connectivity index (χ1) is 13.0. The van der Waals surface area contributed by atoms with Gasteiger partial charge in [0.05, 0.1) is 11.1 Å². The average Bonchev–Trinajstić information content (AvgIpc) is 3.19. The van der Waals surface area contributed by atoms with Crippen molar-refractivity contribution >= 4 is 34.2 Å². The second-order valence-corrected chi connectivity index (χ2v) is 8.21. The fourth-order valence-electron chi connectivity index (χ4n) is 3.96. The van der Waals surface area contributed by atoms with Crippen LogP contribution in [0.4, 0.5) is 5.13 Å². The van der Waals surface area contributed by atoms with Crippen molar-refractivity contribution < 1.29 is 14.4 Å². The summed E-state index contributed by atoms with van der Waals surface area (Å²) in [5.74, 6) is -0.921. The molecule has 0 spiro atoms. The molecule has 140 valence electrons. The summed E-state index contributed by atoms with van der Waals surface area (Å²) in [6.07, 6.45) is 3.53. The molecule has 2 atom stereocenters. The molecule has 1 aromatic carbocycles. The van der Waals surface area contributed by atoms with Crippen molar-refractivity contribution in [3.05, 3.63) is 40.4 Å². The lowest BCUT2D eigenvalue weighted by atomic mass is 9.78. The van der Waals surface area contributed by atoms with Crippen LogP contribution < -0.4 is 5.32 Å². The maximum absolute atomic E-state index is 12.8. The van der Waals surface area contributed by atoms with E-state index in [9.17, 15) is 14.4 Å². The van der Waals surface area contributed by atoms with Gasteiger partial charge in [-0.15, -0.1) is 10.2 Å². The number of carbonyl (C=O) groups is 3. The summed E-state index contributed by atoms with van der Waals surface area (Å²) >= 11 is 1.33. The zero-order chi connectivity index (χ0) is 19.0. The molecule has 1 aromatic heterocycles. The number of hydrogen-bond donors (Lipinski definition) is 1. The first kappa shape index (κ1) is 17.8. The number of nitrogens with one attached hydrogen (secondary N) is 1. The molecule has 1 aliphatic carbocycles. The van der Waals surface area contributed by atoms with E-state index in [1.165, 1.54) is 16.2 Å². The highest BCUT2D eigenvalue weighted by molar-refractivity contribution is 7.15. The van der Waals surface area contributed by atoms with Gasteiger partial charge in [0.15, 0.2) is 0 Å². The molecule has 1 N–H and O–H groups in total. The van der Waals surface area contributed by atoms with E-state index in [1.54, 1.807) is 24.3 Å². The normalized spacial score (nSPS) is 22.0. The number of fused-ring (bicyclic) bond motifs is 1. The third-order valence-corrected chi connectivity index (χ3v) is 6.05. The van der Waals surface area contributed by atoms with Crippen LogP contribution in [0.1, 0.15) is 51.4 Å². The number of carbonyl (C=O) groups excluding carboxylic acids is 3. The van der Waals surface area contributed by atoms with Gasteiger partial charge in [0.25, 0.3) is 11.8 Å². The Bertz CT molecular complexity index is 875. The van der Waals surface area contributed by atoms with Gasteiger partial charge in [-0.2, -0.15) is 0 Å².